The molecule has 2 aliphatic heterocycles. The second-order valence-corrected chi connectivity index (χ2v) is 10.3. The monoisotopic (exact) mass is 503 g/mol. The van der Waals surface area contributed by atoms with Gasteiger partial charge in [-0.15, -0.1) is 0 Å². The van der Waals surface area contributed by atoms with Crippen LogP contribution in [0.4, 0.5) is 19.3 Å². The molecule has 1 spiro atoms. The molecular formula is C25H31F2N5O4. The average Bonchev–Trinajstić information content (AvgIpc) is 3.56. The van der Waals surface area contributed by atoms with Crippen molar-refractivity contribution in [2.24, 2.45) is 17.1 Å². The number of piperidine rings is 1. The summed E-state index contributed by atoms with van der Waals surface area (Å²) < 4.78 is 34.0. The summed E-state index contributed by atoms with van der Waals surface area (Å²) >= 11 is 0. The van der Waals surface area contributed by atoms with Gasteiger partial charge in [-0.3, -0.25) is 9.59 Å². The fourth-order valence-electron chi connectivity index (χ4n) is 5.44. The number of ether oxygens (including phenoxy) is 1. The van der Waals surface area contributed by atoms with Gasteiger partial charge in [0.1, 0.15) is 11.3 Å². The van der Waals surface area contributed by atoms with Gasteiger partial charge in [-0.25, -0.2) is 13.6 Å². The van der Waals surface area contributed by atoms with Gasteiger partial charge in [0.05, 0.1) is 24.5 Å². The van der Waals surface area contributed by atoms with Gasteiger partial charge in [-0.1, -0.05) is 0 Å². The summed E-state index contributed by atoms with van der Waals surface area (Å²) in [6.07, 6.45) is 0.965. The molecule has 2 heterocycles. The molecule has 1 aliphatic carbocycles. The fraction of sp³-hybridized carbons (Fsp3) is 0.600. The lowest BCUT2D eigenvalue weighted by molar-refractivity contribution is -0.129. The Kier molecular flexibility index (Phi) is 6.58. The lowest BCUT2D eigenvalue weighted by Crippen LogP contribution is -2.50. The molecule has 194 valence electrons. The highest BCUT2D eigenvalue weighted by Gasteiger charge is 2.57. The van der Waals surface area contributed by atoms with Crippen LogP contribution in [0.2, 0.25) is 0 Å². The zero-order valence-electron chi connectivity index (χ0n) is 20.4. The number of rotatable bonds is 7. The van der Waals surface area contributed by atoms with Gasteiger partial charge in [-0.2, -0.15) is 5.26 Å². The molecule has 9 nitrogen and oxygen atoms in total. The Balaban J connectivity index is 1.72. The number of hydrogen-bond donors (Lipinski definition) is 2. The first kappa shape index (κ1) is 25.7. The molecule has 0 bridgehead atoms. The van der Waals surface area contributed by atoms with E-state index >= 15 is 0 Å². The van der Waals surface area contributed by atoms with E-state index in [9.17, 15) is 28.4 Å². The van der Waals surface area contributed by atoms with E-state index in [1.54, 1.807) is 24.3 Å². The highest BCUT2D eigenvalue weighted by Crippen LogP contribution is 2.49. The molecular weight excluding hydrogens is 472 g/mol. The minimum atomic E-state index is -3.18. The van der Waals surface area contributed by atoms with Gasteiger partial charge in [0.2, 0.25) is 17.7 Å². The van der Waals surface area contributed by atoms with Crippen molar-refractivity contribution < 1.29 is 27.9 Å². The number of hydrogen-bond acceptors (Lipinski definition) is 5. The molecule has 2 saturated heterocycles. The lowest BCUT2D eigenvalue weighted by Gasteiger charge is -2.37. The molecule has 36 heavy (non-hydrogen) atoms. The smallest absolute Gasteiger partial charge is 0.314 e. The minimum Gasteiger partial charge on any atom is -0.497 e. The first-order valence-corrected chi connectivity index (χ1v) is 12.1. The molecule has 2 atom stereocenters. The number of carbonyl (C=O) groups is 3. The third-order valence-corrected chi connectivity index (χ3v) is 7.69. The van der Waals surface area contributed by atoms with E-state index in [-0.39, 0.29) is 25.4 Å². The molecule has 3 aliphatic rings. The molecule has 1 saturated carbocycles. The predicted octanol–water partition coefficient (Wildman–Crippen LogP) is 2.80. The molecule has 1 unspecified atom stereocenters. The van der Waals surface area contributed by atoms with E-state index in [0.29, 0.717) is 37.1 Å². The van der Waals surface area contributed by atoms with E-state index in [1.807, 2.05) is 0 Å². The first-order chi connectivity index (χ1) is 16.9. The lowest BCUT2D eigenvalue weighted by atomic mass is 9.74. The largest absolute Gasteiger partial charge is 0.497 e. The number of likely N-dealkylation sites (tertiary alicyclic amines) is 1. The molecule has 3 fully saturated rings. The number of nitrogens with zero attached hydrogens (tertiary/aromatic N) is 3. The molecule has 1 aromatic carbocycles. The fourth-order valence-corrected chi connectivity index (χ4v) is 5.44. The number of nitriles is 1. The van der Waals surface area contributed by atoms with Crippen molar-refractivity contribution in [1.82, 2.24) is 10.2 Å². The van der Waals surface area contributed by atoms with Crippen LogP contribution in [0.25, 0.3) is 0 Å². The number of methoxy groups -OCH3 is 1. The van der Waals surface area contributed by atoms with Crippen LogP contribution in [0.15, 0.2) is 24.3 Å². The molecule has 0 radical (unpaired) electrons. The average molecular weight is 504 g/mol. The molecule has 4 rings (SSSR count). The number of halogens is 2. The van der Waals surface area contributed by atoms with Crippen LogP contribution in [0.3, 0.4) is 0 Å². The number of carbonyl (C=O) groups excluding carboxylic acids is 3. The number of benzene rings is 1. The molecule has 4 amide bonds. The Morgan fingerprint density at radius 1 is 1.25 bits per heavy atom. The van der Waals surface area contributed by atoms with Crippen molar-refractivity contribution in [3.63, 3.8) is 0 Å². The van der Waals surface area contributed by atoms with Crippen LogP contribution in [0.1, 0.15) is 45.4 Å². The molecule has 11 heteroatoms. The van der Waals surface area contributed by atoms with Crippen LogP contribution in [0.5, 0.6) is 5.75 Å². The normalized spacial score (nSPS) is 23.2. The van der Waals surface area contributed by atoms with E-state index in [0.717, 1.165) is 6.92 Å². The Labute approximate surface area is 208 Å². The van der Waals surface area contributed by atoms with E-state index < -0.39 is 47.2 Å². The summed E-state index contributed by atoms with van der Waals surface area (Å²) in [6.45, 7) is 1.28. The van der Waals surface area contributed by atoms with Crippen molar-refractivity contribution in [1.29, 1.82) is 5.26 Å². The van der Waals surface area contributed by atoms with Gasteiger partial charge >= 0.3 is 6.03 Å². The van der Waals surface area contributed by atoms with Gasteiger partial charge in [0, 0.05) is 31.2 Å². The van der Waals surface area contributed by atoms with E-state index in [1.165, 1.54) is 16.9 Å². The third kappa shape index (κ3) is 4.94. The minimum absolute atomic E-state index is 0.179. The van der Waals surface area contributed by atoms with Crippen molar-refractivity contribution in [2.75, 3.05) is 25.1 Å². The summed E-state index contributed by atoms with van der Waals surface area (Å²) in [5.74, 6) is -4.77. The second kappa shape index (κ2) is 9.22. The first-order valence-electron chi connectivity index (χ1n) is 12.1. The summed E-state index contributed by atoms with van der Waals surface area (Å²) in [5, 5.41) is 12.1. The maximum Gasteiger partial charge on any atom is 0.314 e. The third-order valence-electron chi connectivity index (χ3n) is 7.69. The quantitative estimate of drug-likeness (QED) is 0.591. The van der Waals surface area contributed by atoms with Crippen LogP contribution in [0, 0.1) is 22.7 Å². The summed E-state index contributed by atoms with van der Waals surface area (Å²) in [4.78, 5) is 41.9. The number of nitrogens with two attached hydrogens (primary N) is 1. The number of nitrogens with one attached hydrogen (secondary N) is 1. The maximum absolute atomic E-state index is 14.4. The molecule has 3 N–H and O–H groups in total. The summed E-state index contributed by atoms with van der Waals surface area (Å²) in [5.41, 5.74) is 3.94. The number of alkyl halides is 2. The van der Waals surface area contributed by atoms with Crippen molar-refractivity contribution in [3.8, 4) is 11.8 Å². The van der Waals surface area contributed by atoms with Gasteiger partial charge in [-0.05, 0) is 63.3 Å². The standard InChI is InChI=1S/C25H31F2N5O4/c1-23(26,27)13-18(20(33)30-25(15-28)7-8-25)19-14-24(9-11-31(12-10-24)22(29)35)21(34)32(19)16-3-5-17(36-2)6-4-16/h3-6,18-19H,7-14H2,1-2H3,(H2,29,35)(H,30,33)/t18-,19?/m0/s1. The summed E-state index contributed by atoms with van der Waals surface area (Å²) in [6, 6.07) is 7.29. The number of primary amides is 1. The SMILES string of the molecule is COc1ccc(N2C(=O)C3(CCN(C(N)=O)CC3)CC2[C@H](CC(C)(F)F)C(=O)NC2(C#N)CC2)cc1. The zero-order valence-corrected chi connectivity index (χ0v) is 20.4. The maximum atomic E-state index is 14.4. The Hall–Kier alpha value is -3.42. The van der Waals surface area contributed by atoms with Crippen molar-refractivity contribution >= 4 is 23.5 Å². The Bertz CT molecular complexity index is 1070. The van der Waals surface area contributed by atoms with Crippen LogP contribution in [-0.2, 0) is 9.59 Å². The van der Waals surface area contributed by atoms with Gasteiger partial charge in [0.15, 0.2) is 0 Å². The Morgan fingerprint density at radius 3 is 2.33 bits per heavy atom. The molecule has 0 aromatic heterocycles. The predicted molar refractivity (Wildman–Crippen MR) is 126 cm³/mol. The Morgan fingerprint density at radius 2 is 1.86 bits per heavy atom. The van der Waals surface area contributed by atoms with Crippen molar-refractivity contribution in [2.45, 2.75) is 63.0 Å². The van der Waals surface area contributed by atoms with Crippen molar-refractivity contribution in [3.05, 3.63) is 24.3 Å². The number of amides is 4. The summed E-state index contributed by atoms with van der Waals surface area (Å²) in [7, 11) is 1.51. The number of anilines is 1. The van der Waals surface area contributed by atoms with E-state index in [4.69, 9.17) is 10.5 Å². The number of urea groups is 1. The van der Waals surface area contributed by atoms with Gasteiger partial charge in [0.25, 0.3) is 0 Å². The topological polar surface area (TPSA) is 129 Å². The van der Waals surface area contributed by atoms with Crippen LogP contribution < -0.4 is 20.7 Å². The van der Waals surface area contributed by atoms with E-state index in [2.05, 4.69) is 11.4 Å². The van der Waals surface area contributed by atoms with Gasteiger partial charge < -0.3 is 25.6 Å². The highest BCUT2D eigenvalue weighted by atomic mass is 19.3. The molecule has 1 aromatic rings. The second-order valence-electron chi connectivity index (χ2n) is 10.3. The van der Waals surface area contributed by atoms with Crippen LogP contribution in [-0.4, -0.2) is 60.4 Å². The van der Waals surface area contributed by atoms with Crippen LogP contribution >= 0.6 is 0 Å². The highest BCUT2D eigenvalue weighted by molar-refractivity contribution is 6.02. The zero-order chi connectivity index (χ0) is 26.3.